The summed E-state index contributed by atoms with van der Waals surface area (Å²) in [6.45, 7) is 2.36. The van der Waals surface area contributed by atoms with Crippen molar-refractivity contribution < 1.29 is 13.9 Å². The van der Waals surface area contributed by atoms with Crippen molar-refractivity contribution in [2.24, 2.45) is 0 Å². The van der Waals surface area contributed by atoms with Crippen molar-refractivity contribution in [3.05, 3.63) is 0 Å². The Labute approximate surface area is 52.9 Å². The minimum atomic E-state index is -2.64. The molecule has 0 aliphatic carbocycles. The Morgan fingerprint density at radius 1 is 1.56 bits per heavy atom. The molecule has 2 nitrogen and oxygen atoms in total. The molecule has 9 heavy (non-hydrogen) atoms. The highest BCUT2D eigenvalue weighted by Crippen LogP contribution is 1.97. The lowest BCUT2D eigenvalue weighted by molar-refractivity contribution is -0.00295. The number of halogens is 2. The number of aliphatic hydroxyl groups is 1. The van der Waals surface area contributed by atoms with Gasteiger partial charge in [0.2, 0.25) is 0 Å². The fourth-order valence-electron chi connectivity index (χ4n) is 0.381. The Balaban J connectivity index is 3.16. The molecule has 0 aromatic rings. The van der Waals surface area contributed by atoms with Gasteiger partial charge in [0, 0.05) is 6.54 Å². The van der Waals surface area contributed by atoms with Gasteiger partial charge in [-0.3, -0.25) is 0 Å². The molecule has 0 saturated carbocycles. The highest BCUT2D eigenvalue weighted by Gasteiger charge is 2.14. The van der Waals surface area contributed by atoms with Gasteiger partial charge in [0.1, 0.15) is 6.10 Å². The molecule has 0 fully saturated rings. The van der Waals surface area contributed by atoms with Crippen LogP contribution in [-0.2, 0) is 0 Å². The Bertz CT molecular complexity index is 70.0. The summed E-state index contributed by atoms with van der Waals surface area (Å²) in [4.78, 5) is 0. The van der Waals surface area contributed by atoms with Crippen molar-refractivity contribution in [3.63, 3.8) is 0 Å². The highest BCUT2D eigenvalue weighted by molar-refractivity contribution is 4.59. The standard InChI is InChI=1S/C5H11F2NO/c1-2-8-3-4(9)5(6)7/h4-5,8-9H,2-3H2,1H3. The van der Waals surface area contributed by atoms with E-state index < -0.39 is 12.5 Å². The molecule has 2 N–H and O–H groups in total. The van der Waals surface area contributed by atoms with Gasteiger partial charge in [-0.05, 0) is 6.54 Å². The molecule has 0 aliphatic rings. The average molecular weight is 139 g/mol. The molecule has 1 atom stereocenters. The summed E-state index contributed by atoms with van der Waals surface area (Å²) in [5.41, 5.74) is 0. The van der Waals surface area contributed by atoms with Gasteiger partial charge in [-0.25, -0.2) is 8.78 Å². The van der Waals surface area contributed by atoms with E-state index in [1.54, 1.807) is 6.92 Å². The van der Waals surface area contributed by atoms with Gasteiger partial charge in [0.15, 0.2) is 0 Å². The molecule has 0 aromatic heterocycles. The number of rotatable bonds is 4. The molecule has 0 rings (SSSR count). The summed E-state index contributed by atoms with van der Waals surface area (Å²) < 4.78 is 22.9. The molecule has 4 heteroatoms. The van der Waals surface area contributed by atoms with Crippen LogP contribution >= 0.6 is 0 Å². The lowest BCUT2D eigenvalue weighted by Crippen LogP contribution is -2.31. The van der Waals surface area contributed by atoms with Crippen LogP contribution in [-0.4, -0.2) is 30.7 Å². The molecule has 0 aromatic carbocycles. The van der Waals surface area contributed by atoms with E-state index in [0.717, 1.165) is 0 Å². The molecular weight excluding hydrogens is 128 g/mol. The number of nitrogens with one attached hydrogen (secondary N) is 1. The van der Waals surface area contributed by atoms with E-state index in [-0.39, 0.29) is 6.54 Å². The minimum Gasteiger partial charge on any atom is -0.386 e. The number of alkyl halides is 2. The molecule has 56 valence electrons. The maximum atomic E-state index is 11.5. The summed E-state index contributed by atoms with van der Waals surface area (Å²) >= 11 is 0. The van der Waals surface area contributed by atoms with Crippen LogP contribution in [0.1, 0.15) is 6.92 Å². The largest absolute Gasteiger partial charge is 0.386 e. The molecule has 1 unspecified atom stereocenters. The summed E-state index contributed by atoms with van der Waals surface area (Å²) in [5, 5.41) is 11.0. The van der Waals surface area contributed by atoms with E-state index in [1.807, 2.05) is 0 Å². The first-order valence-electron chi connectivity index (χ1n) is 2.85. The van der Waals surface area contributed by atoms with Crippen LogP contribution in [0.3, 0.4) is 0 Å². The van der Waals surface area contributed by atoms with E-state index in [1.165, 1.54) is 0 Å². The van der Waals surface area contributed by atoms with Crippen LogP contribution in [0.15, 0.2) is 0 Å². The maximum absolute atomic E-state index is 11.5. The van der Waals surface area contributed by atoms with Crippen molar-refractivity contribution >= 4 is 0 Å². The topological polar surface area (TPSA) is 32.3 Å². The van der Waals surface area contributed by atoms with Gasteiger partial charge in [0.25, 0.3) is 6.43 Å². The third kappa shape index (κ3) is 4.29. The van der Waals surface area contributed by atoms with Crippen molar-refractivity contribution in [2.45, 2.75) is 19.5 Å². The van der Waals surface area contributed by atoms with E-state index in [2.05, 4.69) is 5.32 Å². The molecular formula is C5H11F2NO. The van der Waals surface area contributed by atoms with Crippen molar-refractivity contribution in [2.75, 3.05) is 13.1 Å². The number of hydrogen-bond acceptors (Lipinski definition) is 2. The maximum Gasteiger partial charge on any atom is 0.265 e. The van der Waals surface area contributed by atoms with Crippen LogP contribution in [0.5, 0.6) is 0 Å². The molecule has 0 amide bonds. The van der Waals surface area contributed by atoms with Gasteiger partial charge in [-0.1, -0.05) is 6.92 Å². The minimum absolute atomic E-state index is 0.0336. The van der Waals surface area contributed by atoms with Gasteiger partial charge in [-0.2, -0.15) is 0 Å². The van der Waals surface area contributed by atoms with Gasteiger partial charge < -0.3 is 10.4 Å². The van der Waals surface area contributed by atoms with E-state index >= 15 is 0 Å². The van der Waals surface area contributed by atoms with Crippen molar-refractivity contribution in [3.8, 4) is 0 Å². The summed E-state index contributed by atoms with van der Waals surface area (Å²) in [6, 6.07) is 0. The first-order valence-corrected chi connectivity index (χ1v) is 2.85. The van der Waals surface area contributed by atoms with Gasteiger partial charge >= 0.3 is 0 Å². The predicted octanol–water partition coefficient (Wildman–Crippen LogP) is 0.222. The number of aliphatic hydroxyl groups excluding tert-OH is 1. The van der Waals surface area contributed by atoms with Crippen LogP contribution in [0.25, 0.3) is 0 Å². The number of hydrogen-bond donors (Lipinski definition) is 2. The second-order valence-electron chi connectivity index (χ2n) is 1.71. The normalized spacial score (nSPS) is 14.3. The predicted molar refractivity (Wildman–Crippen MR) is 30.6 cm³/mol. The molecule has 0 spiro atoms. The zero-order valence-corrected chi connectivity index (χ0v) is 5.27. The first kappa shape index (κ1) is 8.78. The lowest BCUT2D eigenvalue weighted by Gasteiger charge is -2.07. The summed E-state index contributed by atoms with van der Waals surface area (Å²) in [6.07, 6.45) is -4.16. The number of likely N-dealkylation sites (N-methyl/N-ethyl adjacent to an activating group) is 1. The fraction of sp³-hybridized carbons (Fsp3) is 1.00. The molecule has 0 bridgehead atoms. The van der Waals surface area contributed by atoms with Crippen LogP contribution in [0, 0.1) is 0 Å². The Morgan fingerprint density at radius 2 is 2.11 bits per heavy atom. The molecule has 0 saturated heterocycles. The van der Waals surface area contributed by atoms with Crippen LogP contribution in [0.4, 0.5) is 8.78 Å². The van der Waals surface area contributed by atoms with Crippen LogP contribution < -0.4 is 5.32 Å². The first-order chi connectivity index (χ1) is 4.18. The zero-order valence-electron chi connectivity index (χ0n) is 5.27. The van der Waals surface area contributed by atoms with Crippen molar-refractivity contribution in [1.29, 1.82) is 0 Å². The van der Waals surface area contributed by atoms with Gasteiger partial charge in [0.05, 0.1) is 0 Å². The monoisotopic (exact) mass is 139 g/mol. The van der Waals surface area contributed by atoms with Crippen LogP contribution in [0.2, 0.25) is 0 Å². The van der Waals surface area contributed by atoms with E-state index in [9.17, 15) is 8.78 Å². The second-order valence-corrected chi connectivity index (χ2v) is 1.71. The third-order valence-electron chi connectivity index (χ3n) is 0.894. The fourth-order valence-corrected chi connectivity index (χ4v) is 0.381. The highest BCUT2D eigenvalue weighted by atomic mass is 19.3. The van der Waals surface area contributed by atoms with E-state index in [0.29, 0.717) is 6.54 Å². The molecule has 0 heterocycles. The summed E-state index contributed by atoms with van der Waals surface area (Å²) in [5.74, 6) is 0. The zero-order chi connectivity index (χ0) is 7.28. The van der Waals surface area contributed by atoms with Gasteiger partial charge in [-0.15, -0.1) is 0 Å². The molecule has 0 aliphatic heterocycles. The van der Waals surface area contributed by atoms with E-state index in [4.69, 9.17) is 5.11 Å². The average Bonchev–Trinajstić information content (AvgIpc) is 1.82. The lowest BCUT2D eigenvalue weighted by atomic mass is 10.4. The Morgan fingerprint density at radius 3 is 2.44 bits per heavy atom. The Hall–Kier alpha value is -0.220. The third-order valence-corrected chi connectivity index (χ3v) is 0.894. The molecule has 0 radical (unpaired) electrons. The summed E-state index contributed by atoms with van der Waals surface area (Å²) in [7, 11) is 0. The van der Waals surface area contributed by atoms with Crippen molar-refractivity contribution in [1.82, 2.24) is 5.32 Å². The quantitative estimate of drug-likeness (QED) is 0.584. The second kappa shape index (κ2) is 4.64. The smallest absolute Gasteiger partial charge is 0.265 e. The SMILES string of the molecule is CCNCC(O)C(F)F. The Kier molecular flexibility index (Phi) is 4.53.